The van der Waals surface area contributed by atoms with Gasteiger partial charge in [0.15, 0.2) is 0 Å². The summed E-state index contributed by atoms with van der Waals surface area (Å²) >= 11 is 0. The van der Waals surface area contributed by atoms with Gasteiger partial charge in [0.1, 0.15) is 0 Å². The molecule has 3 heteroatoms. The van der Waals surface area contributed by atoms with Crippen molar-refractivity contribution >= 4 is 10.8 Å². The fourth-order valence-electron chi connectivity index (χ4n) is 2.73. The second-order valence-corrected chi connectivity index (χ2v) is 4.65. The molecular formula is C15H17NO2. The van der Waals surface area contributed by atoms with E-state index >= 15 is 0 Å². The van der Waals surface area contributed by atoms with Crippen molar-refractivity contribution in [3.8, 4) is 5.88 Å². The third-order valence-corrected chi connectivity index (χ3v) is 3.66. The Labute approximate surface area is 107 Å². The fraction of sp³-hybridized carbons (Fsp3) is 0.400. The van der Waals surface area contributed by atoms with E-state index in [1.54, 1.807) is 7.11 Å². The van der Waals surface area contributed by atoms with Gasteiger partial charge in [-0.05, 0) is 41.8 Å². The van der Waals surface area contributed by atoms with Crippen LogP contribution in [0.2, 0.25) is 0 Å². The highest BCUT2D eigenvalue weighted by atomic mass is 16.5. The molecule has 0 N–H and O–H groups in total. The number of hydrogen-bond donors (Lipinski definition) is 0. The molecule has 18 heavy (non-hydrogen) atoms. The monoisotopic (exact) mass is 243 g/mol. The van der Waals surface area contributed by atoms with Gasteiger partial charge in [0, 0.05) is 24.8 Å². The number of rotatable bonds is 2. The molecule has 2 aromatic rings. The second kappa shape index (κ2) is 4.94. The van der Waals surface area contributed by atoms with E-state index in [-0.39, 0.29) is 0 Å². The maximum atomic E-state index is 5.44. The maximum absolute atomic E-state index is 5.44. The highest BCUT2D eigenvalue weighted by Gasteiger charge is 2.18. The summed E-state index contributed by atoms with van der Waals surface area (Å²) in [6, 6.07) is 8.47. The molecule has 0 spiro atoms. The molecule has 94 valence electrons. The summed E-state index contributed by atoms with van der Waals surface area (Å²) in [5.74, 6) is 1.30. The van der Waals surface area contributed by atoms with Gasteiger partial charge in [-0.15, -0.1) is 0 Å². The average molecular weight is 243 g/mol. The van der Waals surface area contributed by atoms with Crippen LogP contribution in [0.5, 0.6) is 5.88 Å². The van der Waals surface area contributed by atoms with Crippen LogP contribution in [-0.2, 0) is 4.74 Å². The molecule has 0 bridgehead atoms. The average Bonchev–Trinajstić information content (AvgIpc) is 2.47. The molecule has 1 aliphatic heterocycles. The number of aromatic nitrogens is 1. The topological polar surface area (TPSA) is 31.4 Å². The Morgan fingerprint density at radius 2 is 2.00 bits per heavy atom. The molecule has 1 fully saturated rings. The van der Waals surface area contributed by atoms with E-state index in [1.165, 1.54) is 10.9 Å². The SMILES string of the molecule is COc1nccc2c(C3CCOCC3)cccc12. The molecule has 1 aromatic carbocycles. The van der Waals surface area contributed by atoms with Crippen LogP contribution >= 0.6 is 0 Å². The first-order valence-corrected chi connectivity index (χ1v) is 6.39. The quantitative estimate of drug-likeness (QED) is 0.812. The Morgan fingerprint density at radius 1 is 1.17 bits per heavy atom. The lowest BCUT2D eigenvalue weighted by molar-refractivity contribution is 0.0856. The first-order valence-electron chi connectivity index (χ1n) is 6.39. The minimum Gasteiger partial charge on any atom is -0.481 e. The molecule has 3 rings (SSSR count). The van der Waals surface area contributed by atoms with Crippen molar-refractivity contribution in [2.24, 2.45) is 0 Å². The Bertz CT molecular complexity index is 547. The number of pyridine rings is 1. The van der Waals surface area contributed by atoms with Crippen LogP contribution in [0, 0.1) is 0 Å². The van der Waals surface area contributed by atoms with E-state index in [9.17, 15) is 0 Å². The van der Waals surface area contributed by atoms with Crippen molar-refractivity contribution in [2.45, 2.75) is 18.8 Å². The van der Waals surface area contributed by atoms with E-state index < -0.39 is 0 Å². The molecule has 0 unspecified atom stereocenters. The van der Waals surface area contributed by atoms with Crippen molar-refractivity contribution in [2.75, 3.05) is 20.3 Å². The van der Waals surface area contributed by atoms with Crippen LogP contribution in [0.1, 0.15) is 24.3 Å². The third-order valence-electron chi connectivity index (χ3n) is 3.66. The van der Waals surface area contributed by atoms with Gasteiger partial charge in [0.25, 0.3) is 0 Å². The second-order valence-electron chi connectivity index (χ2n) is 4.65. The molecule has 3 nitrogen and oxygen atoms in total. The number of nitrogens with zero attached hydrogens (tertiary/aromatic N) is 1. The molecule has 1 aromatic heterocycles. The smallest absolute Gasteiger partial charge is 0.221 e. The van der Waals surface area contributed by atoms with Crippen molar-refractivity contribution in [1.82, 2.24) is 4.98 Å². The zero-order valence-electron chi connectivity index (χ0n) is 10.6. The van der Waals surface area contributed by atoms with Crippen LogP contribution in [0.4, 0.5) is 0 Å². The van der Waals surface area contributed by atoms with Crippen molar-refractivity contribution in [3.05, 3.63) is 36.0 Å². The van der Waals surface area contributed by atoms with Crippen LogP contribution in [0.25, 0.3) is 10.8 Å². The van der Waals surface area contributed by atoms with E-state index in [2.05, 4.69) is 29.2 Å². The van der Waals surface area contributed by atoms with Gasteiger partial charge in [-0.3, -0.25) is 0 Å². The van der Waals surface area contributed by atoms with Crippen LogP contribution in [0.3, 0.4) is 0 Å². The Morgan fingerprint density at radius 3 is 2.78 bits per heavy atom. The third kappa shape index (κ3) is 1.95. The Kier molecular flexibility index (Phi) is 3.15. The minimum atomic E-state index is 0.592. The Balaban J connectivity index is 2.11. The van der Waals surface area contributed by atoms with E-state index in [1.807, 2.05) is 6.20 Å². The summed E-state index contributed by atoms with van der Waals surface area (Å²) in [5, 5.41) is 2.36. The van der Waals surface area contributed by atoms with Crippen molar-refractivity contribution < 1.29 is 9.47 Å². The molecule has 0 aliphatic carbocycles. The maximum Gasteiger partial charge on any atom is 0.221 e. The predicted octanol–water partition coefficient (Wildman–Crippen LogP) is 3.14. The largest absolute Gasteiger partial charge is 0.481 e. The van der Waals surface area contributed by atoms with Gasteiger partial charge in [-0.2, -0.15) is 0 Å². The van der Waals surface area contributed by atoms with Gasteiger partial charge < -0.3 is 9.47 Å². The number of fused-ring (bicyclic) bond motifs is 1. The summed E-state index contributed by atoms with van der Waals surface area (Å²) in [6.07, 6.45) is 4.03. The number of ether oxygens (including phenoxy) is 2. The summed E-state index contributed by atoms with van der Waals surface area (Å²) in [5.41, 5.74) is 1.40. The summed E-state index contributed by atoms with van der Waals surface area (Å²) in [4.78, 5) is 4.26. The van der Waals surface area contributed by atoms with Crippen molar-refractivity contribution in [3.63, 3.8) is 0 Å². The van der Waals surface area contributed by atoms with Gasteiger partial charge in [0.05, 0.1) is 7.11 Å². The minimum absolute atomic E-state index is 0.592. The zero-order chi connectivity index (χ0) is 12.4. The molecule has 1 saturated heterocycles. The standard InChI is InChI=1S/C15H17NO2/c1-17-15-14-4-2-3-12(13(14)5-8-16-15)11-6-9-18-10-7-11/h2-5,8,11H,6-7,9-10H2,1H3. The normalized spacial score (nSPS) is 16.9. The van der Waals surface area contributed by atoms with Crippen molar-refractivity contribution in [1.29, 1.82) is 0 Å². The van der Waals surface area contributed by atoms with Gasteiger partial charge in [-0.25, -0.2) is 4.98 Å². The molecule has 0 amide bonds. The number of benzene rings is 1. The Hall–Kier alpha value is -1.61. The van der Waals surface area contributed by atoms with E-state index in [0.29, 0.717) is 11.8 Å². The lowest BCUT2D eigenvalue weighted by atomic mass is 9.88. The first kappa shape index (κ1) is 11.5. The molecule has 0 saturated carbocycles. The lowest BCUT2D eigenvalue weighted by Gasteiger charge is -2.23. The van der Waals surface area contributed by atoms with Gasteiger partial charge in [-0.1, -0.05) is 12.1 Å². The molecular weight excluding hydrogens is 226 g/mol. The van der Waals surface area contributed by atoms with Gasteiger partial charge >= 0.3 is 0 Å². The summed E-state index contributed by atoms with van der Waals surface area (Å²) in [6.45, 7) is 1.73. The van der Waals surface area contributed by atoms with Gasteiger partial charge in [0.2, 0.25) is 5.88 Å². The van der Waals surface area contributed by atoms with Crippen LogP contribution in [0.15, 0.2) is 30.5 Å². The zero-order valence-corrected chi connectivity index (χ0v) is 10.6. The number of hydrogen-bond acceptors (Lipinski definition) is 3. The summed E-state index contributed by atoms with van der Waals surface area (Å²) in [7, 11) is 1.67. The van der Waals surface area contributed by atoms with E-state index in [4.69, 9.17) is 9.47 Å². The predicted molar refractivity (Wildman–Crippen MR) is 71.1 cm³/mol. The molecule has 1 aliphatic rings. The highest BCUT2D eigenvalue weighted by molar-refractivity contribution is 5.89. The summed E-state index contributed by atoms with van der Waals surface area (Å²) < 4.78 is 10.8. The highest BCUT2D eigenvalue weighted by Crippen LogP contribution is 2.34. The lowest BCUT2D eigenvalue weighted by Crippen LogP contribution is -2.14. The number of methoxy groups -OCH3 is 1. The molecule has 0 atom stereocenters. The van der Waals surface area contributed by atoms with Crippen LogP contribution < -0.4 is 4.74 Å². The molecule has 2 heterocycles. The molecule has 0 radical (unpaired) electrons. The first-order chi connectivity index (χ1) is 8.90. The van der Waals surface area contributed by atoms with Crippen LogP contribution in [-0.4, -0.2) is 25.3 Å². The van der Waals surface area contributed by atoms with E-state index in [0.717, 1.165) is 31.4 Å². The fourth-order valence-corrected chi connectivity index (χ4v) is 2.73.